The number of halogens is 2. The third-order valence-electron chi connectivity index (χ3n) is 4.89. The standard InChI is InChI=1S/C17H25FN4O.ClH/c1-19-11-12-6-8-22(9-7-12)17(23)16-10-15(20-21-16)13-2-4-14(18)5-3-13;/h2-5,12,15-16,19-21H,6-11H2,1H3;1H. The van der Waals surface area contributed by atoms with Crippen LogP contribution in [0.3, 0.4) is 0 Å². The van der Waals surface area contributed by atoms with E-state index in [1.165, 1.54) is 12.1 Å². The lowest BCUT2D eigenvalue weighted by molar-refractivity contribution is -0.134. The molecular formula is C17H26ClFN4O. The lowest BCUT2D eigenvalue weighted by Gasteiger charge is -2.33. The highest BCUT2D eigenvalue weighted by Gasteiger charge is 2.34. The predicted molar refractivity (Wildman–Crippen MR) is 94.3 cm³/mol. The maximum atomic E-state index is 13.0. The lowest BCUT2D eigenvalue weighted by Crippen LogP contribution is -2.49. The molecule has 2 unspecified atom stereocenters. The highest BCUT2D eigenvalue weighted by atomic mass is 35.5. The molecule has 24 heavy (non-hydrogen) atoms. The van der Waals surface area contributed by atoms with E-state index in [0.29, 0.717) is 12.3 Å². The highest BCUT2D eigenvalue weighted by molar-refractivity contribution is 5.85. The van der Waals surface area contributed by atoms with Gasteiger partial charge in [-0.3, -0.25) is 4.79 Å². The number of hydrazine groups is 1. The number of nitrogens with zero attached hydrogens (tertiary/aromatic N) is 1. The van der Waals surface area contributed by atoms with Crippen LogP contribution in [0.5, 0.6) is 0 Å². The van der Waals surface area contributed by atoms with Gasteiger partial charge in [-0.25, -0.2) is 15.2 Å². The maximum absolute atomic E-state index is 13.0. The van der Waals surface area contributed by atoms with Crippen molar-refractivity contribution >= 4 is 18.3 Å². The van der Waals surface area contributed by atoms with E-state index in [-0.39, 0.29) is 36.2 Å². The van der Waals surface area contributed by atoms with E-state index in [1.807, 2.05) is 11.9 Å². The second-order valence-corrected chi connectivity index (χ2v) is 6.51. The number of rotatable bonds is 4. The average Bonchev–Trinajstić information content (AvgIpc) is 3.06. The van der Waals surface area contributed by atoms with Gasteiger partial charge in [0.1, 0.15) is 11.9 Å². The van der Waals surface area contributed by atoms with Gasteiger partial charge in [0.2, 0.25) is 5.91 Å². The Kier molecular flexibility index (Phi) is 6.98. The van der Waals surface area contributed by atoms with Crippen molar-refractivity contribution in [2.75, 3.05) is 26.7 Å². The molecule has 2 atom stereocenters. The zero-order valence-corrected chi connectivity index (χ0v) is 14.7. The van der Waals surface area contributed by atoms with E-state index in [9.17, 15) is 9.18 Å². The van der Waals surface area contributed by atoms with Gasteiger partial charge < -0.3 is 10.2 Å². The monoisotopic (exact) mass is 356 g/mol. The Morgan fingerprint density at radius 1 is 1.25 bits per heavy atom. The van der Waals surface area contributed by atoms with E-state index in [2.05, 4.69) is 16.2 Å². The van der Waals surface area contributed by atoms with Gasteiger partial charge >= 0.3 is 0 Å². The van der Waals surface area contributed by atoms with Gasteiger partial charge in [-0.05, 0) is 56.5 Å². The lowest BCUT2D eigenvalue weighted by atomic mass is 9.95. The molecule has 2 saturated heterocycles. The van der Waals surface area contributed by atoms with Gasteiger partial charge in [0.15, 0.2) is 0 Å². The van der Waals surface area contributed by atoms with Crippen LogP contribution in [0.15, 0.2) is 24.3 Å². The summed E-state index contributed by atoms with van der Waals surface area (Å²) in [6.07, 6.45) is 2.82. The molecule has 1 aromatic rings. The minimum absolute atomic E-state index is 0. The van der Waals surface area contributed by atoms with Gasteiger partial charge in [0.05, 0.1) is 0 Å². The molecule has 3 N–H and O–H groups in total. The van der Waals surface area contributed by atoms with Crippen LogP contribution in [0.2, 0.25) is 0 Å². The molecule has 2 heterocycles. The molecule has 0 aliphatic carbocycles. The first-order valence-electron chi connectivity index (χ1n) is 8.37. The van der Waals surface area contributed by atoms with E-state index in [1.54, 1.807) is 12.1 Å². The molecule has 2 aliphatic rings. The zero-order valence-electron chi connectivity index (χ0n) is 13.9. The second-order valence-electron chi connectivity index (χ2n) is 6.51. The number of carbonyl (C=O) groups is 1. The molecule has 0 bridgehead atoms. The van der Waals surface area contributed by atoms with Gasteiger partial charge in [-0.1, -0.05) is 12.1 Å². The van der Waals surface area contributed by atoms with Crippen molar-refractivity contribution < 1.29 is 9.18 Å². The molecule has 0 radical (unpaired) electrons. The third kappa shape index (κ3) is 4.45. The van der Waals surface area contributed by atoms with Crippen LogP contribution in [-0.4, -0.2) is 43.5 Å². The first kappa shape index (κ1) is 19.1. The van der Waals surface area contributed by atoms with Crippen LogP contribution in [0, 0.1) is 11.7 Å². The first-order chi connectivity index (χ1) is 11.2. The Hall–Kier alpha value is -1.21. The third-order valence-corrected chi connectivity index (χ3v) is 4.89. The molecule has 2 fully saturated rings. The highest BCUT2D eigenvalue weighted by Crippen LogP contribution is 2.25. The van der Waals surface area contributed by atoms with Crippen molar-refractivity contribution in [3.8, 4) is 0 Å². The molecule has 1 amide bonds. The summed E-state index contributed by atoms with van der Waals surface area (Å²) in [6, 6.07) is 6.30. The van der Waals surface area contributed by atoms with Crippen LogP contribution < -0.4 is 16.2 Å². The number of nitrogens with one attached hydrogen (secondary N) is 3. The first-order valence-corrected chi connectivity index (χ1v) is 8.37. The summed E-state index contributed by atoms with van der Waals surface area (Å²) in [7, 11) is 1.97. The normalized spacial score (nSPS) is 24.7. The molecule has 3 rings (SSSR count). The second kappa shape index (κ2) is 8.76. The number of hydrogen-bond acceptors (Lipinski definition) is 4. The Morgan fingerprint density at radius 3 is 2.54 bits per heavy atom. The number of carbonyl (C=O) groups excluding carboxylic acids is 1. The molecule has 0 spiro atoms. The number of amides is 1. The van der Waals surface area contributed by atoms with Crippen LogP contribution in [-0.2, 0) is 4.79 Å². The fourth-order valence-electron chi connectivity index (χ4n) is 3.50. The predicted octanol–water partition coefficient (Wildman–Crippen LogP) is 1.61. The maximum Gasteiger partial charge on any atom is 0.241 e. The number of hydrogen-bond donors (Lipinski definition) is 3. The van der Waals surface area contributed by atoms with Crippen molar-refractivity contribution in [3.05, 3.63) is 35.6 Å². The van der Waals surface area contributed by atoms with Crippen molar-refractivity contribution in [1.82, 2.24) is 21.1 Å². The molecule has 134 valence electrons. The molecule has 2 aliphatic heterocycles. The van der Waals surface area contributed by atoms with Crippen molar-refractivity contribution in [3.63, 3.8) is 0 Å². The van der Waals surface area contributed by atoms with Crippen molar-refractivity contribution in [2.24, 2.45) is 5.92 Å². The van der Waals surface area contributed by atoms with Crippen LogP contribution >= 0.6 is 12.4 Å². The van der Waals surface area contributed by atoms with E-state index in [4.69, 9.17) is 0 Å². The van der Waals surface area contributed by atoms with Crippen LogP contribution in [0.4, 0.5) is 4.39 Å². The van der Waals surface area contributed by atoms with Gasteiger partial charge in [-0.15, -0.1) is 12.4 Å². The smallest absolute Gasteiger partial charge is 0.241 e. The van der Waals surface area contributed by atoms with Crippen molar-refractivity contribution in [1.29, 1.82) is 0 Å². The Balaban J connectivity index is 0.00000208. The summed E-state index contributed by atoms with van der Waals surface area (Å²) in [5, 5.41) is 3.21. The average molecular weight is 357 g/mol. The molecular weight excluding hydrogens is 331 g/mol. The fourth-order valence-corrected chi connectivity index (χ4v) is 3.50. The molecule has 0 aromatic heterocycles. The van der Waals surface area contributed by atoms with Crippen LogP contribution in [0.25, 0.3) is 0 Å². The summed E-state index contributed by atoms with van der Waals surface area (Å²) >= 11 is 0. The Bertz CT molecular complexity index is 534. The SMILES string of the molecule is CNCC1CCN(C(=O)C2CC(c3ccc(F)cc3)NN2)CC1.Cl. The van der Waals surface area contributed by atoms with Gasteiger partial charge in [0, 0.05) is 19.1 Å². The van der Waals surface area contributed by atoms with E-state index < -0.39 is 0 Å². The number of benzene rings is 1. The summed E-state index contributed by atoms with van der Waals surface area (Å²) in [6.45, 7) is 2.70. The minimum atomic E-state index is -0.239. The summed E-state index contributed by atoms with van der Waals surface area (Å²) in [5.41, 5.74) is 7.27. The molecule has 0 saturated carbocycles. The number of piperidine rings is 1. The zero-order chi connectivity index (χ0) is 16.2. The van der Waals surface area contributed by atoms with Crippen LogP contribution in [0.1, 0.15) is 30.9 Å². The number of likely N-dealkylation sites (tertiary alicyclic amines) is 1. The quantitative estimate of drug-likeness (QED) is 0.767. The van der Waals surface area contributed by atoms with Gasteiger partial charge in [-0.2, -0.15) is 0 Å². The Labute approximate surface area is 148 Å². The largest absolute Gasteiger partial charge is 0.341 e. The summed E-state index contributed by atoms with van der Waals surface area (Å²) in [5.74, 6) is 0.604. The van der Waals surface area contributed by atoms with E-state index >= 15 is 0 Å². The molecule has 1 aromatic carbocycles. The fraction of sp³-hybridized carbons (Fsp3) is 0.588. The van der Waals surface area contributed by atoms with Crippen molar-refractivity contribution in [2.45, 2.75) is 31.3 Å². The molecule has 5 nitrogen and oxygen atoms in total. The Morgan fingerprint density at radius 2 is 1.92 bits per heavy atom. The summed E-state index contributed by atoms with van der Waals surface area (Å²) in [4.78, 5) is 14.6. The van der Waals surface area contributed by atoms with Gasteiger partial charge in [0.25, 0.3) is 0 Å². The minimum Gasteiger partial charge on any atom is -0.341 e. The topological polar surface area (TPSA) is 56.4 Å². The van der Waals surface area contributed by atoms with E-state index in [0.717, 1.165) is 38.0 Å². The molecule has 7 heteroatoms. The summed E-state index contributed by atoms with van der Waals surface area (Å²) < 4.78 is 13.0.